The molecule has 4 fully saturated rings. The maximum Gasteiger partial charge on any atom is 0.226 e. The average Bonchev–Trinajstić information content (AvgIpc) is 0.795. The fraction of sp³-hybridized carbons (Fsp3) is 0.233. The van der Waals surface area contributed by atoms with Crippen molar-refractivity contribution in [2.45, 2.75) is 51.4 Å². The molecule has 0 aliphatic carbocycles. The Hall–Kier alpha value is -15.6. The minimum Gasteiger partial charge on any atom is -0.384 e. The minimum absolute atomic E-state index is 0.699. The fourth-order valence-corrected chi connectivity index (χ4v) is 20.7. The topological polar surface area (TPSA) is 229 Å². The summed E-state index contributed by atoms with van der Waals surface area (Å²) in [7, 11) is 0. The lowest BCUT2D eigenvalue weighted by molar-refractivity contribution is 0.639. The van der Waals surface area contributed by atoms with Crippen LogP contribution in [0.3, 0.4) is 0 Å². The zero-order chi connectivity index (χ0) is 100. The summed E-state index contributed by atoms with van der Waals surface area (Å²) in [6.07, 6.45) is 14.6. The maximum absolute atomic E-state index is 6.14. The van der Waals surface area contributed by atoms with Crippen LogP contribution in [0.25, 0.3) is 87.2 Å². The Morgan fingerprint density at radius 3 is 0.601 bits per heavy atom. The molecule has 0 amide bonds. The van der Waals surface area contributed by atoms with Gasteiger partial charge in [-0.15, -0.1) is 0 Å². The SMILES string of the molecule is Clc1ccc2c(NCCCc3nc(N4CCN(c5ccccc5)CC4)nc4ccccc34)ccnc2c1.Clc1ccc2c(NCCCc3nc(N4CCN(c5ccccc5)CC4)nc4ccccc34)ccnc2c1.Clc1ccc2c(NCCCc3nc(N4CCN(c5ccccc5)CC4)nc4ccccc34)ccnc2c1.Clc1ccc2c(NCCCc3nc(N4CCN(c5ccccc5)CC4)nc4ccccc34)ccnc2c1. The van der Waals surface area contributed by atoms with Crippen LogP contribution in [0.5, 0.6) is 0 Å². The molecule has 12 heterocycles. The highest BCUT2D eigenvalue weighted by atomic mass is 35.5. The Kier molecular flexibility index (Phi) is 31.7. The van der Waals surface area contributed by atoms with Crippen LogP contribution in [0.4, 0.5) is 69.3 Å². The molecule has 4 aliphatic rings. The number of piperazine rings is 4. The number of hydrogen-bond donors (Lipinski definition) is 4. The summed E-state index contributed by atoms with van der Waals surface area (Å²) >= 11 is 24.6. The molecule has 20 aromatic rings. The van der Waals surface area contributed by atoms with Crippen molar-refractivity contribution in [2.24, 2.45) is 0 Å². The molecule has 28 heteroatoms. The molecule has 0 atom stereocenters. The van der Waals surface area contributed by atoms with Crippen molar-refractivity contribution in [1.82, 2.24) is 59.8 Å². The predicted octanol–water partition coefficient (Wildman–Crippen LogP) is 24.8. The number of rotatable bonds is 28. The maximum atomic E-state index is 6.14. The smallest absolute Gasteiger partial charge is 0.226 e. The Morgan fingerprint density at radius 1 is 0.189 bits per heavy atom. The Balaban J connectivity index is 0.000000116. The van der Waals surface area contributed by atoms with Crippen molar-refractivity contribution < 1.29 is 0 Å². The van der Waals surface area contributed by atoms with E-state index in [9.17, 15) is 0 Å². The number of hydrogen-bond acceptors (Lipinski definition) is 24. The van der Waals surface area contributed by atoms with Crippen LogP contribution in [0.1, 0.15) is 48.5 Å². The lowest BCUT2D eigenvalue weighted by Gasteiger charge is -2.36. The lowest BCUT2D eigenvalue weighted by Crippen LogP contribution is -2.47. The highest BCUT2D eigenvalue weighted by Crippen LogP contribution is 2.35. The van der Waals surface area contributed by atoms with E-state index in [1.165, 1.54) is 22.7 Å². The van der Waals surface area contributed by atoms with Gasteiger partial charge in [0, 0.05) is 264 Å². The van der Waals surface area contributed by atoms with Crippen molar-refractivity contribution >= 4 is 203 Å². The van der Waals surface area contributed by atoms with Crippen LogP contribution in [0.2, 0.25) is 20.1 Å². The first-order valence-electron chi connectivity index (χ1n) is 51.3. The van der Waals surface area contributed by atoms with Gasteiger partial charge in [0.15, 0.2) is 0 Å². The number of halogens is 4. The monoisotopic (exact) mass is 2030 g/mol. The highest BCUT2D eigenvalue weighted by molar-refractivity contribution is 6.32. The summed E-state index contributed by atoms with van der Waals surface area (Å²) in [5, 5.41) is 26.0. The minimum atomic E-state index is 0.699. The van der Waals surface area contributed by atoms with E-state index in [-0.39, 0.29) is 0 Å². The molecule has 4 saturated heterocycles. The third-order valence-electron chi connectivity index (χ3n) is 27.9. The number of nitrogens with zero attached hydrogens (tertiary/aromatic N) is 20. The molecular weight excluding hydrogens is 1920 g/mol. The van der Waals surface area contributed by atoms with E-state index < -0.39 is 0 Å². The van der Waals surface area contributed by atoms with Gasteiger partial charge in [0.25, 0.3) is 0 Å². The summed E-state index contributed by atoms with van der Waals surface area (Å²) in [6.45, 7) is 18.3. The summed E-state index contributed by atoms with van der Waals surface area (Å²) in [6, 6.07) is 107. The average molecular weight is 2040 g/mol. The number of aromatic nitrogens is 12. The molecule has 0 unspecified atom stereocenters. The van der Waals surface area contributed by atoms with Crippen molar-refractivity contribution in [1.29, 1.82) is 0 Å². The van der Waals surface area contributed by atoms with Crippen LogP contribution < -0.4 is 60.5 Å². The highest BCUT2D eigenvalue weighted by Gasteiger charge is 2.27. The largest absolute Gasteiger partial charge is 0.384 e. The molecule has 4 N–H and O–H groups in total. The van der Waals surface area contributed by atoms with Gasteiger partial charge in [-0.25, -0.2) is 39.9 Å². The number of para-hydroxylation sites is 8. The van der Waals surface area contributed by atoms with Crippen molar-refractivity contribution in [2.75, 3.05) is 191 Å². The second kappa shape index (κ2) is 47.7. The van der Waals surface area contributed by atoms with Gasteiger partial charge in [0.2, 0.25) is 23.8 Å². The van der Waals surface area contributed by atoms with Gasteiger partial charge in [-0.05, 0) is 221 Å². The first-order valence-corrected chi connectivity index (χ1v) is 52.8. The van der Waals surface area contributed by atoms with Crippen LogP contribution >= 0.6 is 46.4 Å². The number of fused-ring (bicyclic) bond motifs is 8. The van der Waals surface area contributed by atoms with Gasteiger partial charge in [-0.1, -0.05) is 192 Å². The number of nitrogens with one attached hydrogen (secondary N) is 4. The molecule has 0 radical (unpaired) electrons. The second-order valence-electron chi connectivity index (χ2n) is 37.4. The Bertz CT molecular complexity index is 6990. The van der Waals surface area contributed by atoms with Gasteiger partial charge < -0.3 is 60.5 Å². The lowest BCUT2D eigenvalue weighted by atomic mass is 10.1. The van der Waals surface area contributed by atoms with E-state index in [1.807, 2.05) is 122 Å². The van der Waals surface area contributed by atoms with Crippen LogP contribution in [-0.2, 0) is 25.7 Å². The normalized spacial score (nSPS) is 13.9. The fourth-order valence-electron chi connectivity index (χ4n) is 20.1. The quantitative estimate of drug-likeness (QED) is 0.0334. The van der Waals surface area contributed by atoms with Gasteiger partial charge in [0.1, 0.15) is 0 Å². The van der Waals surface area contributed by atoms with E-state index in [4.69, 9.17) is 86.3 Å². The Labute approximate surface area is 882 Å². The summed E-state index contributed by atoms with van der Waals surface area (Å²) < 4.78 is 0. The second-order valence-corrected chi connectivity index (χ2v) is 39.1. The number of aryl methyl sites for hydroxylation is 4. The van der Waals surface area contributed by atoms with Crippen molar-refractivity contribution in [3.05, 3.63) is 383 Å². The molecule has 24 rings (SSSR count). The molecule has 12 aromatic carbocycles. The zero-order valence-electron chi connectivity index (χ0n) is 82.6. The summed E-state index contributed by atoms with van der Waals surface area (Å²) in [4.78, 5) is 76.8. The van der Waals surface area contributed by atoms with E-state index in [2.05, 4.69) is 299 Å². The van der Waals surface area contributed by atoms with Gasteiger partial charge >= 0.3 is 0 Å². The van der Waals surface area contributed by atoms with Gasteiger partial charge in [-0.3, -0.25) is 19.9 Å². The van der Waals surface area contributed by atoms with Crippen molar-refractivity contribution in [3.63, 3.8) is 0 Å². The first kappa shape index (κ1) is 98.4. The standard InChI is InChI=1S/4C30H29ClN6/c4*31-22-12-13-25-26(14-16-33-29(25)21-22)32-15-6-11-28-24-9-4-5-10-27(24)34-30(35-28)37-19-17-36(18-20-37)23-7-2-1-3-8-23/h4*1-5,7-10,12-14,16,21H,6,11,15,17-20H2,(H,32,33). The van der Waals surface area contributed by atoms with Crippen LogP contribution in [-0.4, -0.2) is 191 Å². The number of pyridine rings is 4. The molecular formula is C120H116Cl4N24. The molecule has 4 aliphatic heterocycles. The summed E-state index contributed by atoms with van der Waals surface area (Å²) in [5.74, 6) is 3.36. The van der Waals surface area contributed by atoms with Crippen LogP contribution in [0.15, 0.2) is 340 Å². The molecule has 0 saturated carbocycles. The van der Waals surface area contributed by atoms with Gasteiger partial charge in [0.05, 0.1) is 66.9 Å². The molecule has 744 valence electrons. The van der Waals surface area contributed by atoms with E-state index in [1.54, 1.807) is 0 Å². The zero-order valence-corrected chi connectivity index (χ0v) is 85.6. The predicted molar refractivity (Wildman–Crippen MR) is 616 cm³/mol. The summed E-state index contributed by atoms with van der Waals surface area (Å²) in [5.41, 5.74) is 21.5. The first-order chi connectivity index (χ1) is 73.0. The van der Waals surface area contributed by atoms with Crippen LogP contribution in [0, 0.1) is 0 Å². The third-order valence-corrected chi connectivity index (χ3v) is 28.8. The molecule has 148 heavy (non-hydrogen) atoms. The molecule has 8 aromatic heterocycles. The van der Waals surface area contributed by atoms with E-state index in [0.29, 0.717) is 20.1 Å². The van der Waals surface area contributed by atoms with Gasteiger partial charge in [-0.2, -0.15) is 0 Å². The molecule has 24 nitrogen and oxygen atoms in total. The third kappa shape index (κ3) is 24.2. The van der Waals surface area contributed by atoms with Crippen molar-refractivity contribution in [3.8, 4) is 0 Å². The number of benzene rings is 12. The number of anilines is 12. The molecule has 0 spiro atoms. The molecule has 0 bridgehead atoms. The van der Waals surface area contributed by atoms with E-state index in [0.717, 1.165) is 339 Å². The Morgan fingerprint density at radius 2 is 0.385 bits per heavy atom. The van der Waals surface area contributed by atoms with E-state index >= 15 is 0 Å².